The summed E-state index contributed by atoms with van der Waals surface area (Å²) in [5.74, 6) is 0.901. The number of fused-ring (bicyclic) bond motifs is 4. The van der Waals surface area contributed by atoms with E-state index in [1.54, 1.807) is 0 Å². The minimum atomic E-state index is -2.74. The van der Waals surface area contributed by atoms with Crippen molar-refractivity contribution in [2.45, 2.75) is 0 Å². The molecule has 0 aliphatic heterocycles. The van der Waals surface area contributed by atoms with Crippen molar-refractivity contribution in [2.75, 3.05) is 0 Å². The van der Waals surface area contributed by atoms with Gasteiger partial charge < -0.3 is 0 Å². The summed E-state index contributed by atoms with van der Waals surface area (Å²) in [4.78, 5) is 5.85. The minimum Gasteiger partial charge on any atom is -0.292 e. The van der Waals surface area contributed by atoms with Gasteiger partial charge in [0.2, 0.25) is 0 Å². The second-order valence-electron chi connectivity index (χ2n) is 16.6. The molecule has 0 amide bonds. The smallest absolute Gasteiger partial charge is 0.179 e. The van der Waals surface area contributed by atoms with Crippen LogP contribution in [0, 0.1) is 0 Å². The fourth-order valence-electron chi connectivity index (χ4n) is 10.2. The first-order valence-electron chi connectivity index (χ1n) is 22.0. The summed E-state index contributed by atoms with van der Waals surface area (Å²) in [5.41, 5.74) is 8.79. The molecule has 1 aromatic heterocycles. The molecule has 12 aromatic rings. The number of benzene rings is 11. The SMILES string of the molecule is c1ccc(-n2c(-c3ccc([Si](c4ccccc4)(c4ccccc4)c4ccccc4)cc3)nc3c(-c4ccc5ccccc5c4)c4ccccc4c(-c4ccc5ccccc5c4)c32)cc1. The van der Waals surface area contributed by atoms with Gasteiger partial charge in [0, 0.05) is 22.4 Å². The standard InChI is InChI=1S/C61H42N2Si/c1-5-23-50(24-6-1)63-60-58(49-36-34-44-20-14-16-22-47(44)42-49)56-32-18-17-31-55(56)57(48-35-33-43-19-13-15-21-46(43)41-48)59(60)62-61(63)45-37-39-54(40-38-45)64(51-25-7-2-8-26-51,52-27-9-3-10-28-52)53-29-11-4-12-30-53/h1-42H. The first kappa shape index (κ1) is 37.6. The lowest BCUT2D eigenvalue weighted by atomic mass is 9.89. The molecule has 0 aliphatic rings. The fourth-order valence-corrected chi connectivity index (χ4v) is 15.0. The van der Waals surface area contributed by atoms with Gasteiger partial charge in [-0.3, -0.25) is 4.57 Å². The molecule has 11 aromatic carbocycles. The van der Waals surface area contributed by atoms with Crippen molar-refractivity contribution in [1.82, 2.24) is 9.55 Å². The van der Waals surface area contributed by atoms with Gasteiger partial charge in [0.1, 0.15) is 5.82 Å². The van der Waals surface area contributed by atoms with Gasteiger partial charge in [0.15, 0.2) is 8.07 Å². The van der Waals surface area contributed by atoms with Crippen LogP contribution in [0.3, 0.4) is 0 Å². The lowest BCUT2D eigenvalue weighted by Crippen LogP contribution is -2.74. The van der Waals surface area contributed by atoms with Crippen LogP contribution in [-0.2, 0) is 0 Å². The lowest BCUT2D eigenvalue weighted by molar-refractivity contribution is 1.10. The normalized spacial score (nSPS) is 11.8. The number of aromatic nitrogens is 2. The molecule has 64 heavy (non-hydrogen) atoms. The highest BCUT2D eigenvalue weighted by Crippen LogP contribution is 2.46. The number of rotatable bonds is 8. The highest BCUT2D eigenvalue weighted by molar-refractivity contribution is 7.19. The molecule has 0 saturated carbocycles. The van der Waals surface area contributed by atoms with E-state index in [9.17, 15) is 0 Å². The zero-order valence-corrected chi connectivity index (χ0v) is 36.1. The minimum absolute atomic E-state index is 0.901. The molecule has 0 unspecified atom stereocenters. The zero-order chi connectivity index (χ0) is 42.5. The van der Waals surface area contributed by atoms with E-state index in [1.165, 1.54) is 58.6 Å². The molecule has 0 bridgehead atoms. The van der Waals surface area contributed by atoms with Crippen LogP contribution in [0.5, 0.6) is 0 Å². The van der Waals surface area contributed by atoms with Crippen molar-refractivity contribution < 1.29 is 0 Å². The van der Waals surface area contributed by atoms with E-state index in [0.29, 0.717) is 0 Å². The molecule has 0 N–H and O–H groups in total. The third kappa shape index (κ3) is 6.12. The summed E-state index contributed by atoms with van der Waals surface area (Å²) >= 11 is 0. The molecular formula is C61H42N2Si. The van der Waals surface area contributed by atoms with Crippen molar-refractivity contribution in [3.8, 4) is 39.3 Å². The zero-order valence-electron chi connectivity index (χ0n) is 35.1. The Hall–Kier alpha value is -8.11. The summed E-state index contributed by atoms with van der Waals surface area (Å²) in [6.45, 7) is 0. The average molecular weight is 831 g/mol. The van der Waals surface area contributed by atoms with Gasteiger partial charge in [0.25, 0.3) is 0 Å². The molecule has 2 nitrogen and oxygen atoms in total. The van der Waals surface area contributed by atoms with Gasteiger partial charge >= 0.3 is 0 Å². The highest BCUT2D eigenvalue weighted by atomic mass is 28.3. The quantitative estimate of drug-likeness (QED) is 0.110. The number of hydrogen-bond donors (Lipinski definition) is 0. The molecule has 300 valence electrons. The predicted octanol–water partition coefficient (Wildman–Crippen LogP) is 12.9. The van der Waals surface area contributed by atoms with Crippen molar-refractivity contribution in [2.24, 2.45) is 0 Å². The van der Waals surface area contributed by atoms with E-state index >= 15 is 0 Å². The van der Waals surface area contributed by atoms with Crippen LogP contribution >= 0.6 is 0 Å². The Balaban J connectivity index is 1.18. The van der Waals surface area contributed by atoms with Gasteiger partial charge in [-0.05, 0) is 88.5 Å². The van der Waals surface area contributed by atoms with Crippen LogP contribution in [0.2, 0.25) is 0 Å². The second kappa shape index (κ2) is 15.7. The second-order valence-corrected chi connectivity index (χ2v) is 20.5. The molecule has 0 spiro atoms. The van der Waals surface area contributed by atoms with Crippen LogP contribution < -0.4 is 20.7 Å². The Morgan fingerprint density at radius 3 is 1.22 bits per heavy atom. The molecule has 0 radical (unpaired) electrons. The first-order chi connectivity index (χ1) is 31.8. The average Bonchev–Trinajstić information content (AvgIpc) is 3.77. The van der Waals surface area contributed by atoms with Crippen LogP contribution in [0.4, 0.5) is 0 Å². The Labute approximate surface area is 374 Å². The maximum absolute atomic E-state index is 5.85. The van der Waals surface area contributed by atoms with Crippen molar-refractivity contribution >= 4 is 72.2 Å². The Morgan fingerprint density at radius 2 is 0.703 bits per heavy atom. The summed E-state index contributed by atoms with van der Waals surface area (Å²) in [6, 6.07) is 93.5. The monoisotopic (exact) mass is 830 g/mol. The van der Waals surface area contributed by atoms with Crippen molar-refractivity contribution in [3.63, 3.8) is 0 Å². The fraction of sp³-hybridized carbons (Fsp3) is 0. The summed E-state index contributed by atoms with van der Waals surface area (Å²) < 4.78 is 2.42. The van der Waals surface area contributed by atoms with E-state index in [2.05, 4.69) is 259 Å². The Bertz CT molecular complexity index is 3540. The maximum atomic E-state index is 5.85. The topological polar surface area (TPSA) is 17.8 Å². The van der Waals surface area contributed by atoms with Gasteiger partial charge in [-0.2, -0.15) is 0 Å². The third-order valence-corrected chi connectivity index (χ3v) is 17.9. The summed E-state index contributed by atoms with van der Waals surface area (Å²) in [7, 11) is -2.74. The van der Waals surface area contributed by atoms with E-state index in [0.717, 1.165) is 44.8 Å². The van der Waals surface area contributed by atoms with Gasteiger partial charge in [-0.25, -0.2) is 4.98 Å². The lowest BCUT2D eigenvalue weighted by Gasteiger charge is -2.34. The van der Waals surface area contributed by atoms with E-state index in [1.807, 2.05) is 0 Å². The van der Waals surface area contributed by atoms with E-state index < -0.39 is 8.07 Å². The third-order valence-electron chi connectivity index (χ3n) is 13.1. The highest BCUT2D eigenvalue weighted by Gasteiger charge is 2.41. The number of hydrogen-bond acceptors (Lipinski definition) is 1. The molecule has 12 rings (SSSR count). The van der Waals surface area contributed by atoms with E-state index in [4.69, 9.17) is 4.98 Å². The maximum Gasteiger partial charge on any atom is 0.179 e. The van der Waals surface area contributed by atoms with Gasteiger partial charge in [0.05, 0.1) is 11.0 Å². The Morgan fingerprint density at radius 1 is 0.312 bits per heavy atom. The van der Waals surface area contributed by atoms with Crippen LogP contribution in [-0.4, -0.2) is 17.6 Å². The molecular weight excluding hydrogens is 789 g/mol. The van der Waals surface area contributed by atoms with Crippen LogP contribution in [0.15, 0.2) is 255 Å². The first-order valence-corrected chi connectivity index (χ1v) is 24.0. The predicted molar refractivity (Wildman–Crippen MR) is 274 cm³/mol. The van der Waals surface area contributed by atoms with Crippen LogP contribution in [0.25, 0.3) is 82.7 Å². The molecule has 0 atom stereocenters. The Kier molecular flexibility index (Phi) is 9.21. The number of para-hydroxylation sites is 1. The summed E-state index contributed by atoms with van der Waals surface area (Å²) in [6.07, 6.45) is 0. The summed E-state index contributed by atoms with van der Waals surface area (Å²) in [5, 5.41) is 12.6. The van der Waals surface area contributed by atoms with Gasteiger partial charge in [-0.1, -0.05) is 231 Å². The molecule has 0 fully saturated rings. The largest absolute Gasteiger partial charge is 0.292 e. The van der Waals surface area contributed by atoms with E-state index in [-0.39, 0.29) is 0 Å². The molecule has 0 saturated heterocycles. The van der Waals surface area contributed by atoms with Crippen molar-refractivity contribution in [1.29, 1.82) is 0 Å². The number of nitrogens with zero attached hydrogens (tertiary/aromatic N) is 2. The molecule has 0 aliphatic carbocycles. The van der Waals surface area contributed by atoms with Crippen molar-refractivity contribution in [3.05, 3.63) is 255 Å². The van der Waals surface area contributed by atoms with Crippen LogP contribution in [0.1, 0.15) is 0 Å². The van der Waals surface area contributed by atoms with Gasteiger partial charge in [-0.15, -0.1) is 0 Å². The molecule has 3 heteroatoms. The number of imidazole rings is 1. The molecule has 1 heterocycles.